The molecule has 1 saturated carbocycles. The fourth-order valence-electron chi connectivity index (χ4n) is 10.3. The molecule has 4 aromatic carbocycles. The highest BCUT2D eigenvalue weighted by molar-refractivity contribution is 6.32. The summed E-state index contributed by atoms with van der Waals surface area (Å²) in [6.07, 6.45) is -2.16. The van der Waals surface area contributed by atoms with Gasteiger partial charge in [0.1, 0.15) is 35.6 Å². The molecule has 0 spiro atoms. The maximum atomic E-state index is 15.8. The molecular formula is C55H60N4O14. The normalized spacial score (nSPS) is 23.4. The predicted molar refractivity (Wildman–Crippen MR) is 267 cm³/mol. The zero-order valence-electron chi connectivity index (χ0n) is 40.5. The van der Waals surface area contributed by atoms with Crippen molar-refractivity contribution < 1.29 is 68.8 Å². The molecule has 3 aliphatic carbocycles. The van der Waals surface area contributed by atoms with E-state index in [1.165, 1.54) is 19.1 Å². The number of hydrogen-bond acceptors (Lipinski definition) is 16. The Balaban J connectivity index is 1.43. The number of carbonyl (C=O) groups excluding carboxylic acids is 4. The van der Waals surface area contributed by atoms with Crippen molar-refractivity contribution in [1.82, 2.24) is 0 Å². The van der Waals surface area contributed by atoms with Gasteiger partial charge in [0.05, 0.1) is 49.2 Å². The number of phenolic OH excluding ortho intramolecular Hbond substituents is 1. The first-order valence-corrected chi connectivity index (χ1v) is 24.3. The van der Waals surface area contributed by atoms with E-state index in [2.05, 4.69) is 16.8 Å². The van der Waals surface area contributed by atoms with Crippen LogP contribution >= 0.6 is 0 Å². The summed E-state index contributed by atoms with van der Waals surface area (Å²) < 4.78 is 24.7. The lowest BCUT2D eigenvalue weighted by molar-refractivity contribution is -0.278. The van der Waals surface area contributed by atoms with Crippen molar-refractivity contribution in [2.24, 2.45) is 22.2 Å². The SMILES string of the molecule is CC(=O)Oc1cc(CO)c2c3c1C=Cc1cccc(c1)CC(O)CCC(N)C#CCc1c(OC4OC(C)C(O)C(O)C4OCCN=C(N)N)c(Cc4cccc(C5(O)CCCC5)c4C=O)c(O)c(c1C3=O)C2=O. The summed E-state index contributed by atoms with van der Waals surface area (Å²) in [6, 6.07) is 12.6. The first-order chi connectivity index (χ1) is 34.9. The molecule has 8 rings (SSSR count). The molecule has 0 radical (unpaired) electrons. The fraction of sp³-hybridized carbons (Fsp3) is 0.400. The van der Waals surface area contributed by atoms with Crippen molar-refractivity contribution in [2.75, 3.05) is 13.2 Å². The number of carbonyl (C=O) groups is 4. The first kappa shape index (κ1) is 52.5. The van der Waals surface area contributed by atoms with Gasteiger partial charge in [0.2, 0.25) is 6.29 Å². The fourth-order valence-corrected chi connectivity index (χ4v) is 10.3. The summed E-state index contributed by atoms with van der Waals surface area (Å²) in [5, 5.41) is 69.3. The van der Waals surface area contributed by atoms with Crippen molar-refractivity contribution in [2.45, 2.75) is 127 Å². The average molecular weight is 1000 g/mol. The zero-order valence-corrected chi connectivity index (χ0v) is 40.5. The molecule has 4 aliphatic rings. The van der Waals surface area contributed by atoms with Crippen LogP contribution in [0, 0.1) is 11.8 Å². The lowest BCUT2D eigenvalue weighted by Gasteiger charge is -2.41. The number of aldehydes is 1. The third-order valence-corrected chi connectivity index (χ3v) is 13.9. The van der Waals surface area contributed by atoms with Gasteiger partial charge in [0.15, 0.2) is 23.8 Å². The van der Waals surface area contributed by atoms with Gasteiger partial charge in [-0.05, 0) is 79.0 Å². The van der Waals surface area contributed by atoms with E-state index in [1.54, 1.807) is 36.4 Å². The number of ketones is 2. The van der Waals surface area contributed by atoms with Gasteiger partial charge >= 0.3 is 5.97 Å². The molecule has 7 atom stereocenters. The number of aliphatic imine (C=N–C) groups is 1. The monoisotopic (exact) mass is 1000 g/mol. The van der Waals surface area contributed by atoms with Crippen LogP contribution in [0.25, 0.3) is 12.2 Å². The number of benzene rings is 4. The van der Waals surface area contributed by atoms with Crippen molar-refractivity contribution in [1.29, 1.82) is 0 Å². The van der Waals surface area contributed by atoms with E-state index < -0.39 is 90.3 Å². The number of nitrogens with two attached hydrogens (primary N) is 3. The quantitative estimate of drug-likeness (QED) is 0.0165. The van der Waals surface area contributed by atoms with Crippen molar-refractivity contribution in [3.63, 3.8) is 0 Å². The standard InChI is InChI=1S/C55H60N4O14/c1-28-46(64)50(68)52(70-21-20-59-54(57)58)53(71-28)73-51-37-12-7-11-34(56)15-16-35(63)23-31-9-5-8-30(22-31)14-17-36-41(72-29(2)62)25-33(26-60)42-43(36)49(67)44(37)45(48(42)66)47(65)38(51)24-32-10-6-13-40(39(32)27-61)55(69)18-3-4-19-55/h5-6,8-10,13-14,17,22,25,27-28,34-35,46,50,52-53,60,63-65,68-69H,3-4,12,15-16,18-21,23-24,26,56H2,1-2H3,(H4,57,58,59). The van der Waals surface area contributed by atoms with Gasteiger partial charge in [-0.1, -0.05) is 73.2 Å². The number of esters is 1. The number of aliphatic hydroxyl groups is 5. The number of aliphatic hydroxyl groups excluding tert-OH is 4. The minimum Gasteiger partial charge on any atom is -0.507 e. The zero-order chi connectivity index (χ0) is 52.3. The van der Waals surface area contributed by atoms with Crippen LogP contribution in [0.2, 0.25) is 0 Å². The molecule has 1 aliphatic heterocycles. The molecule has 18 nitrogen and oxygen atoms in total. The lowest BCUT2D eigenvalue weighted by atomic mass is 9.75. The Hall–Kier alpha value is -6.79. The molecular weight excluding hydrogens is 941 g/mol. The van der Waals surface area contributed by atoms with Crippen LogP contribution in [0.5, 0.6) is 17.2 Å². The van der Waals surface area contributed by atoms with Crippen molar-refractivity contribution in [3.05, 3.63) is 121 Å². The van der Waals surface area contributed by atoms with E-state index in [0.29, 0.717) is 48.7 Å². The van der Waals surface area contributed by atoms with Gasteiger partial charge < -0.3 is 66.8 Å². The molecule has 2 fully saturated rings. The number of phenols is 1. The molecule has 0 aromatic heterocycles. The van der Waals surface area contributed by atoms with Gasteiger partial charge in [0.25, 0.3) is 0 Å². The Kier molecular flexibility index (Phi) is 15.9. The number of aromatic hydroxyl groups is 1. The van der Waals surface area contributed by atoms with Gasteiger partial charge in [-0.2, -0.15) is 0 Å². The summed E-state index contributed by atoms with van der Waals surface area (Å²) in [5.41, 5.74) is 16.7. The van der Waals surface area contributed by atoms with Gasteiger partial charge in [-0.3, -0.25) is 24.2 Å². The number of hydrogen-bond donors (Lipinski definition) is 9. The number of nitrogens with zero attached hydrogens (tertiary/aromatic N) is 1. The highest BCUT2D eigenvalue weighted by atomic mass is 16.7. The maximum absolute atomic E-state index is 15.8. The molecule has 1 heterocycles. The molecule has 4 aromatic rings. The van der Waals surface area contributed by atoms with E-state index in [1.807, 2.05) is 12.1 Å². The van der Waals surface area contributed by atoms with Crippen LogP contribution < -0.4 is 26.7 Å². The topological polar surface area (TPSA) is 317 Å². The molecule has 18 heteroatoms. The van der Waals surface area contributed by atoms with Crippen LogP contribution in [0.4, 0.5) is 0 Å². The minimum atomic E-state index is -1.65. The molecule has 0 amide bonds. The summed E-state index contributed by atoms with van der Waals surface area (Å²) in [4.78, 5) is 61.1. The predicted octanol–water partition coefficient (Wildman–Crippen LogP) is 2.99. The van der Waals surface area contributed by atoms with Crippen LogP contribution in [0.3, 0.4) is 0 Å². The lowest BCUT2D eigenvalue weighted by Crippen LogP contribution is -2.59. The summed E-state index contributed by atoms with van der Waals surface area (Å²) in [7, 11) is 0. The number of rotatable bonds is 12. The second-order valence-electron chi connectivity index (χ2n) is 19.0. The van der Waals surface area contributed by atoms with E-state index in [0.717, 1.165) is 12.5 Å². The molecule has 7 unspecified atom stereocenters. The Labute approximate surface area is 421 Å². The Morgan fingerprint density at radius 3 is 2.41 bits per heavy atom. The first-order valence-electron chi connectivity index (χ1n) is 24.3. The second kappa shape index (κ2) is 22.1. The van der Waals surface area contributed by atoms with Crippen LogP contribution in [-0.4, -0.2) is 116 Å². The summed E-state index contributed by atoms with van der Waals surface area (Å²) >= 11 is 0. The van der Waals surface area contributed by atoms with Crippen LogP contribution in [-0.2, 0) is 45.7 Å². The van der Waals surface area contributed by atoms with Crippen molar-refractivity contribution >= 4 is 41.9 Å². The number of ether oxygens (including phenoxy) is 4. The minimum absolute atomic E-state index is 0.0175. The average Bonchev–Trinajstić information content (AvgIpc) is 3.81. The van der Waals surface area contributed by atoms with Crippen molar-refractivity contribution in [3.8, 4) is 29.1 Å². The molecule has 1 saturated heterocycles. The van der Waals surface area contributed by atoms with E-state index >= 15 is 9.59 Å². The molecule has 73 heavy (non-hydrogen) atoms. The van der Waals surface area contributed by atoms with Crippen LogP contribution in [0.1, 0.15) is 139 Å². The molecule has 384 valence electrons. The van der Waals surface area contributed by atoms with Gasteiger partial charge in [0, 0.05) is 58.7 Å². The highest BCUT2D eigenvalue weighted by Crippen LogP contribution is 2.49. The van der Waals surface area contributed by atoms with E-state index in [4.69, 9.17) is 36.1 Å². The largest absolute Gasteiger partial charge is 0.507 e. The smallest absolute Gasteiger partial charge is 0.308 e. The Morgan fingerprint density at radius 1 is 0.959 bits per heavy atom. The van der Waals surface area contributed by atoms with E-state index in [-0.39, 0.29) is 101 Å². The Bertz CT molecular complexity index is 2950. The summed E-state index contributed by atoms with van der Waals surface area (Å²) in [5.74, 6) is 2.08. The van der Waals surface area contributed by atoms with Gasteiger partial charge in [-0.15, -0.1) is 0 Å². The third kappa shape index (κ3) is 10.8. The molecule has 12 N–H and O–H groups in total. The second-order valence-corrected chi connectivity index (χ2v) is 19.0. The van der Waals surface area contributed by atoms with Crippen LogP contribution in [0.15, 0.2) is 53.5 Å². The highest BCUT2D eigenvalue weighted by Gasteiger charge is 2.47. The number of guanidine groups is 1. The third-order valence-electron chi connectivity index (χ3n) is 13.9. The maximum Gasteiger partial charge on any atom is 0.308 e. The molecule has 4 bridgehead atoms. The number of fused-ring (bicyclic) bond motifs is 2. The summed E-state index contributed by atoms with van der Waals surface area (Å²) in [6.45, 7) is 1.54. The Morgan fingerprint density at radius 2 is 1.70 bits per heavy atom. The van der Waals surface area contributed by atoms with E-state index in [9.17, 15) is 40.2 Å². The van der Waals surface area contributed by atoms with Gasteiger partial charge in [-0.25, -0.2) is 0 Å².